The number of esters is 1. The first-order valence-electron chi connectivity index (χ1n) is 7.17. The Morgan fingerprint density at radius 1 is 1.11 bits per heavy atom. The molecule has 0 saturated heterocycles. The maximum absolute atomic E-state index is 13.4. The van der Waals surface area contributed by atoms with Gasteiger partial charge >= 0.3 is 29.9 Å². The second-order valence-corrected chi connectivity index (χ2v) is 5.60. The fourth-order valence-corrected chi connectivity index (χ4v) is 2.42. The number of carbonyl (C=O) groups is 3. The molecule has 0 aliphatic heterocycles. The summed E-state index contributed by atoms with van der Waals surface area (Å²) in [5, 5.41) is 1.29. The number of fused-ring (bicyclic) bond motifs is 1. The van der Waals surface area contributed by atoms with Gasteiger partial charge in [0.05, 0.1) is 0 Å². The molecule has 0 radical (unpaired) electrons. The molecule has 0 aromatic heterocycles. The van der Waals surface area contributed by atoms with Gasteiger partial charge in [-0.2, -0.15) is 30.7 Å². The largest absolute Gasteiger partial charge is 0.460 e. The van der Waals surface area contributed by atoms with Crippen LogP contribution in [0.3, 0.4) is 0 Å². The fourth-order valence-electron chi connectivity index (χ4n) is 2.42. The van der Waals surface area contributed by atoms with Crippen molar-refractivity contribution in [1.82, 2.24) is 0 Å². The van der Waals surface area contributed by atoms with Crippen LogP contribution in [0.4, 0.5) is 36.4 Å². The number of nitrogens with one attached hydrogen (secondary N) is 1. The quantitative estimate of drug-likeness (QED) is 0.622. The third kappa shape index (κ3) is 3.47. The number of carbonyl (C=O) groups excluding carboxylic acids is 3. The molecule has 1 amide bonds. The molecule has 1 aromatic carbocycles. The lowest BCUT2D eigenvalue weighted by Crippen LogP contribution is -2.57. The van der Waals surface area contributed by atoms with Crippen molar-refractivity contribution in [2.24, 2.45) is 0 Å². The summed E-state index contributed by atoms with van der Waals surface area (Å²) in [6.07, 6.45) is -8.36. The van der Waals surface area contributed by atoms with E-state index in [1.807, 2.05) is 0 Å². The predicted molar refractivity (Wildman–Crippen MR) is 74.6 cm³/mol. The molecular weight excluding hydrogens is 391 g/mol. The van der Waals surface area contributed by atoms with Crippen LogP contribution in [0.15, 0.2) is 18.2 Å². The van der Waals surface area contributed by atoms with Gasteiger partial charge in [-0.05, 0) is 11.6 Å². The van der Waals surface area contributed by atoms with Gasteiger partial charge in [0, 0.05) is 24.6 Å². The number of hydrogen-bond acceptors (Lipinski definition) is 4. The molecule has 12 heteroatoms. The fraction of sp³-hybridized carbons (Fsp3) is 0.400. The van der Waals surface area contributed by atoms with Crippen molar-refractivity contribution >= 4 is 23.3 Å². The molecule has 1 aliphatic carbocycles. The Bertz CT molecular complexity index is 804. The van der Waals surface area contributed by atoms with Crippen molar-refractivity contribution in [3.63, 3.8) is 0 Å². The number of anilines is 1. The highest BCUT2D eigenvalue weighted by Gasteiger charge is 2.76. The van der Waals surface area contributed by atoms with Crippen LogP contribution in [0.2, 0.25) is 0 Å². The highest BCUT2D eigenvalue weighted by atomic mass is 19.4. The number of ketones is 1. The van der Waals surface area contributed by atoms with E-state index < -0.39 is 47.5 Å². The van der Waals surface area contributed by atoms with Gasteiger partial charge in [0.15, 0.2) is 6.10 Å². The van der Waals surface area contributed by atoms with E-state index in [2.05, 4.69) is 0 Å². The molecule has 1 unspecified atom stereocenters. The zero-order valence-electron chi connectivity index (χ0n) is 13.3. The average molecular weight is 401 g/mol. The van der Waals surface area contributed by atoms with Crippen LogP contribution >= 0.6 is 0 Å². The van der Waals surface area contributed by atoms with Crippen molar-refractivity contribution < 1.29 is 49.9 Å². The van der Waals surface area contributed by atoms with Gasteiger partial charge in [-0.1, -0.05) is 12.1 Å². The van der Waals surface area contributed by atoms with E-state index in [1.165, 1.54) is 11.4 Å². The summed E-state index contributed by atoms with van der Waals surface area (Å²) >= 11 is 0. The van der Waals surface area contributed by atoms with E-state index in [-0.39, 0.29) is 17.5 Å². The molecule has 1 aromatic rings. The number of alkyl halides is 7. The Morgan fingerprint density at radius 2 is 1.70 bits per heavy atom. The molecule has 0 heterocycles. The molecule has 0 bridgehead atoms. The van der Waals surface area contributed by atoms with Crippen LogP contribution < -0.4 is 5.32 Å². The zero-order valence-corrected chi connectivity index (χ0v) is 13.3. The van der Waals surface area contributed by atoms with E-state index in [1.54, 1.807) is 0 Å². The predicted octanol–water partition coefficient (Wildman–Crippen LogP) is 3.13. The smallest absolute Gasteiger partial charge is 0.454 e. The van der Waals surface area contributed by atoms with Crippen LogP contribution in [-0.2, 0) is 20.7 Å². The van der Waals surface area contributed by atoms with Gasteiger partial charge in [0.2, 0.25) is 5.78 Å². The topological polar surface area (TPSA) is 72.5 Å². The number of Topliss-reactive ketones (excluding diaryl/α,β-unsaturated/α-hetero) is 1. The number of benzene rings is 1. The van der Waals surface area contributed by atoms with Crippen molar-refractivity contribution in [2.75, 3.05) is 5.32 Å². The maximum Gasteiger partial charge on any atom is 0.460 e. The lowest BCUT2D eigenvalue weighted by molar-refractivity contribution is -0.343. The summed E-state index contributed by atoms with van der Waals surface area (Å²) in [4.78, 5) is 34.5. The van der Waals surface area contributed by atoms with Gasteiger partial charge in [-0.25, -0.2) is 0 Å². The Balaban J connectivity index is 2.32. The molecule has 0 spiro atoms. The van der Waals surface area contributed by atoms with Gasteiger partial charge in [0.25, 0.3) is 0 Å². The second kappa shape index (κ2) is 6.50. The van der Waals surface area contributed by atoms with Crippen molar-refractivity contribution in [3.8, 4) is 0 Å². The van der Waals surface area contributed by atoms with Crippen LogP contribution in [0.5, 0.6) is 0 Å². The Morgan fingerprint density at radius 3 is 2.22 bits per heavy atom. The Kier molecular flexibility index (Phi) is 4.97. The van der Waals surface area contributed by atoms with Gasteiger partial charge in [-0.3, -0.25) is 14.4 Å². The molecule has 1 atom stereocenters. The third-order valence-electron chi connectivity index (χ3n) is 3.72. The van der Waals surface area contributed by atoms with Crippen molar-refractivity contribution in [2.45, 2.75) is 37.5 Å². The summed E-state index contributed by atoms with van der Waals surface area (Å²) in [5.41, 5.74) is -0.851. The molecule has 148 valence electrons. The van der Waals surface area contributed by atoms with Crippen molar-refractivity contribution in [3.05, 3.63) is 29.3 Å². The van der Waals surface area contributed by atoms with Gasteiger partial charge < -0.3 is 10.1 Å². The van der Waals surface area contributed by atoms with Crippen LogP contribution in [0.1, 0.15) is 22.8 Å². The number of hydrogen-bond donors (Lipinski definition) is 1. The first-order valence-corrected chi connectivity index (χ1v) is 7.17. The minimum absolute atomic E-state index is 0.131. The molecular formula is C15H10F7NO4. The summed E-state index contributed by atoms with van der Waals surface area (Å²) in [7, 11) is 0. The summed E-state index contributed by atoms with van der Waals surface area (Å²) in [6.45, 7) is 0.999. The minimum Gasteiger partial charge on any atom is -0.454 e. The minimum atomic E-state index is -6.66. The Hall–Kier alpha value is -2.66. The second-order valence-electron chi connectivity index (χ2n) is 5.60. The van der Waals surface area contributed by atoms with Crippen LogP contribution in [-0.4, -0.2) is 41.8 Å². The van der Waals surface area contributed by atoms with E-state index in [0.717, 1.165) is 19.1 Å². The normalized spacial score (nSPS) is 17.5. The molecule has 0 saturated carbocycles. The molecule has 0 fully saturated rings. The molecule has 5 nitrogen and oxygen atoms in total. The number of amides is 1. The van der Waals surface area contributed by atoms with Gasteiger partial charge in [-0.15, -0.1) is 0 Å². The van der Waals surface area contributed by atoms with E-state index in [4.69, 9.17) is 4.74 Å². The summed E-state index contributed by atoms with van der Waals surface area (Å²) < 4.78 is 94.0. The number of rotatable bonds is 4. The van der Waals surface area contributed by atoms with Crippen LogP contribution in [0.25, 0.3) is 0 Å². The van der Waals surface area contributed by atoms with Crippen molar-refractivity contribution in [1.29, 1.82) is 0 Å². The third-order valence-corrected chi connectivity index (χ3v) is 3.72. The summed E-state index contributed by atoms with van der Waals surface area (Å²) in [6, 6.07) is 3.21. The zero-order chi connectivity index (χ0) is 20.8. The lowest BCUT2D eigenvalue weighted by Gasteiger charge is -2.27. The first-order chi connectivity index (χ1) is 12.2. The average Bonchev–Trinajstić information content (AvgIpc) is 2.83. The maximum atomic E-state index is 13.4. The molecule has 1 N–H and O–H groups in total. The van der Waals surface area contributed by atoms with E-state index in [9.17, 15) is 45.1 Å². The molecule has 1 aliphatic rings. The van der Waals surface area contributed by atoms with Crippen LogP contribution in [0, 0.1) is 0 Å². The molecule has 27 heavy (non-hydrogen) atoms. The Labute approximate surface area is 146 Å². The summed E-state index contributed by atoms with van der Waals surface area (Å²) in [5.74, 6) is -17.2. The highest BCUT2D eigenvalue weighted by Crippen LogP contribution is 2.47. The highest BCUT2D eigenvalue weighted by molar-refractivity contribution is 6.07. The van der Waals surface area contributed by atoms with E-state index in [0.29, 0.717) is 0 Å². The number of halogens is 7. The standard InChI is InChI=1S/C15H10F7NO4/c1-6(24)27-10-5-8-7(11(10)25)3-2-4-9(8)23-12(26)13(16,17)14(18,19)15(20,21)22/h2-4,10H,5H2,1H3,(H,23,26). The molecule has 2 rings (SSSR count). The lowest BCUT2D eigenvalue weighted by atomic mass is 10.1. The first kappa shape index (κ1) is 20.6. The number of ether oxygens (including phenoxy) is 1. The van der Waals surface area contributed by atoms with Gasteiger partial charge in [0.1, 0.15) is 0 Å². The monoisotopic (exact) mass is 401 g/mol. The van der Waals surface area contributed by atoms with E-state index >= 15 is 0 Å². The SMILES string of the molecule is CC(=O)OC1Cc2c(NC(=O)C(F)(F)C(F)(F)C(F)(F)F)cccc2C1=O.